The number of nitrogens with one attached hydrogen (secondary N) is 1. The van der Waals surface area contributed by atoms with E-state index in [-0.39, 0.29) is 5.91 Å². The molecule has 0 bridgehead atoms. The van der Waals surface area contributed by atoms with Gasteiger partial charge >= 0.3 is 0 Å². The fourth-order valence-corrected chi connectivity index (χ4v) is 1.32. The van der Waals surface area contributed by atoms with Crippen LogP contribution in [0.5, 0.6) is 0 Å². The van der Waals surface area contributed by atoms with E-state index in [1.165, 1.54) is 0 Å². The Morgan fingerprint density at radius 3 is 3.07 bits per heavy atom. The summed E-state index contributed by atoms with van der Waals surface area (Å²) in [5, 5.41) is 2.90. The summed E-state index contributed by atoms with van der Waals surface area (Å²) in [5.74, 6) is 0.0684. The minimum Gasteiger partial charge on any atom is -0.353 e. The summed E-state index contributed by atoms with van der Waals surface area (Å²) < 4.78 is 1.75. The van der Waals surface area contributed by atoms with Crippen molar-refractivity contribution < 1.29 is 9.59 Å². The summed E-state index contributed by atoms with van der Waals surface area (Å²) in [6.07, 6.45) is 6.54. The molecule has 1 amide bonds. The maximum Gasteiger partial charge on any atom is 0.222 e. The van der Waals surface area contributed by atoms with Gasteiger partial charge in [-0.15, -0.1) is 0 Å². The van der Waals surface area contributed by atoms with Gasteiger partial charge < -0.3 is 9.88 Å². The molecule has 5 nitrogen and oxygen atoms in total. The lowest BCUT2D eigenvalue weighted by Gasteiger charge is -2.03. The van der Waals surface area contributed by atoms with Crippen molar-refractivity contribution in [2.45, 2.75) is 31.8 Å². The van der Waals surface area contributed by atoms with Crippen molar-refractivity contribution in [3.05, 3.63) is 18.2 Å². The largest absolute Gasteiger partial charge is 0.353 e. The lowest BCUT2D eigenvalue weighted by atomic mass is 10.4. The molecule has 1 fully saturated rings. The molecule has 5 heteroatoms. The van der Waals surface area contributed by atoms with Crippen molar-refractivity contribution >= 4 is 12.2 Å². The minimum atomic E-state index is 0.0684. The number of aldehydes is 1. The van der Waals surface area contributed by atoms with E-state index in [9.17, 15) is 9.59 Å². The van der Waals surface area contributed by atoms with E-state index in [0.29, 0.717) is 31.0 Å². The molecule has 15 heavy (non-hydrogen) atoms. The van der Waals surface area contributed by atoms with E-state index in [0.717, 1.165) is 12.8 Å². The third-order valence-corrected chi connectivity index (χ3v) is 2.31. The number of hydrogen-bond acceptors (Lipinski definition) is 3. The molecule has 0 spiro atoms. The molecule has 0 saturated heterocycles. The number of carbonyl (C=O) groups is 2. The van der Waals surface area contributed by atoms with Crippen molar-refractivity contribution in [2.75, 3.05) is 0 Å². The van der Waals surface area contributed by atoms with Crippen LogP contribution in [0.1, 0.15) is 29.8 Å². The third-order valence-electron chi connectivity index (χ3n) is 2.31. The maximum absolute atomic E-state index is 11.3. The van der Waals surface area contributed by atoms with Crippen LogP contribution in [-0.4, -0.2) is 27.8 Å². The molecular weight excluding hydrogens is 194 g/mol. The molecule has 1 N–H and O–H groups in total. The molecule has 0 atom stereocenters. The number of aryl methyl sites for hydroxylation is 1. The fourth-order valence-electron chi connectivity index (χ4n) is 1.32. The van der Waals surface area contributed by atoms with Gasteiger partial charge in [0.2, 0.25) is 5.91 Å². The summed E-state index contributed by atoms with van der Waals surface area (Å²) in [7, 11) is 0. The van der Waals surface area contributed by atoms with Crippen molar-refractivity contribution in [2.24, 2.45) is 0 Å². The molecule has 1 aromatic rings. The summed E-state index contributed by atoms with van der Waals surface area (Å²) in [6, 6.07) is 0.408. The molecule has 1 saturated carbocycles. The zero-order valence-corrected chi connectivity index (χ0v) is 8.35. The Hall–Kier alpha value is -1.65. The number of amides is 1. The Morgan fingerprint density at radius 1 is 1.67 bits per heavy atom. The van der Waals surface area contributed by atoms with E-state index in [4.69, 9.17) is 0 Å². The van der Waals surface area contributed by atoms with Gasteiger partial charge in [0, 0.05) is 25.2 Å². The molecule has 1 aliphatic carbocycles. The van der Waals surface area contributed by atoms with Gasteiger partial charge in [-0.3, -0.25) is 9.59 Å². The van der Waals surface area contributed by atoms with Crippen LogP contribution in [0.3, 0.4) is 0 Å². The van der Waals surface area contributed by atoms with Gasteiger partial charge in [-0.25, -0.2) is 4.98 Å². The quantitative estimate of drug-likeness (QED) is 0.709. The van der Waals surface area contributed by atoms with Crippen LogP contribution >= 0.6 is 0 Å². The van der Waals surface area contributed by atoms with Crippen LogP contribution in [0.4, 0.5) is 0 Å². The van der Waals surface area contributed by atoms with Crippen molar-refractivity contribution in [3.63, 3.8) is 0 Å². The van der Waals surface area contributed by atoms with Gasteiger partial charge in [0.1, 0.15) is 5.69 Å². The molecule has 0 unspecified atom stereocenters. The lowest BCUT2D eigenvalue weighted by molar-refractivity contribution is -0.121. The van der Waals surface area contributed by atoms with Crippen LogP contribution in [-0.2, 0) is 11.3 Å². The summed E-state index contributed by atoms with van der Waals surface area (Å²) in [4.78, 5) is 25.5. The highest BCUT2D eigenvalue weighted by atomic mass is 16.1. The van der Waals surface area contributed by atoms with Gasteiger partial charge in [-0.2, -0.15) is 0 Å². The zero-order chi connectivity index (χ0) is 10.7. The SMILES string of the molecule is O=Cc1cn(CCC(=O)NC2CC2)cn1. The first kappa shape index (κ1) is 9.89. The average Bonchev–Trinajstić information content (AvgIpc) is 2.92. The predicted molar refractivity (Wildman–Crippen MR) is 53.4 cm³/mol. The smallest absolute Gasteiger partial charge is 0.222 e. The lowest BCUT2D eigenvalue weighted by Crippen LogP contribution is -2.26. The molecule has 1 heterocycles. The molecule has 80 valence electrons. The Labute approximate surface area is 87.5 Å². The number of imidazole rings is 1. The Balaban J connectivity index is 1.76. The summed E-state index contributed by atoms with van der Waals surface area (Å²) in [6.45, 7) is 0.569. The first-order chi connectivity index (χ1) is 7.28. The third kappa shape index (κ3) is 2.90. The van der Waals surface area contributed by atoms with Crippen LogP contribution < -0.4 is 5.32 Å². The first-order valence-corrected chi connectivity index (χ1v) is 5.04. The van der Waals surface area contributed by atoms with Gasteiger partial charge in [-0.05, 0) is 12.8 Å². The Kier molecular flexibility index (Phi) is 2.80. The fraction of sp³-hybridized carbons (Fsp3) is 0.500. The first-order valence-electron chi connectivity index (χ1n) is 5.04. The van der Waals surface area contributed by atoms with E-state index in [2.05, 4.69) is 10.3 Å². The number of nitrogens with zero attached hydrogens (tertiary/aromatic N) is 2. The van der Waals surface area contributed by atoms with E-state index in [1.54, 1.807) is 17.1 Å². The molecule has 2 rings (SSSR count). The predicted octanol–water partition coefficient (Wildman–Crippen LogP) is 0.364. The molecule has 1 aliphatic rings. The maximum atomic E-state index is 11.3. The zero-order valence-electron chi connectivity index (χ0n) is 8.35. The van der Waals surface area contributed by atoms with Gasteiger partial charge in [0.15, 0.2) is 6.29 Å². The molecule has 0 aliphatic heterocycles. The normalized spacial score (nSPS) is 14.9. The molecule has 1 aromatic heterocycles. The van der Waals surface area contributed by atoms with E-state index >= 15 is 0 Å². The Bertz CT molecular complexity index is 368. The topological polar surface area (TPSA) is 64.0 Å². The minimum absolute atomic E-state index is 0.0684. The van der Waals surface area contributed by atoms with Gasteiger partial charge in [0.05, 0.1) is 6.33 Å². The molecule has 0 radical (unpaired) electrons. The van der Waals surface area contributed by atoms with Crippen molar-refractivity contribution in [1.29, 1.82) is 0 Å². The summed E-state index contributed by atoms with van der Waals surface area (Å²) >= 11 is 0. The monoisotopic (exact) mass is 207 g/mol. The average molecular weight is 207 g/mol. The number of carbonyl (C=O) groups excluding carboxylic acids is 2. The highest BCUT2D eigenvalue weighted by Crippen LogP contribution is 2.18. The molecule has 0 aromatic carbocycles. The van der Waals surface area contributed by atoms with Crippen LogP contribution in [0.2, 0.25) is 0 Å². The second-order valence-corrected chi connectivity index (χ2v) is 3.75. The summed E-state index contributed by atoms with van der Waals surface area (Å²) in [5.41, 5.74) is 0.401. The van der Waals surface area contributed by atoms with Crippen LogP contribution in [0.15, 0.2) is 12.5 Å². The number of hydrogen-bond donors (Lipinski definition) is 1. The van der Waals surface area contributed by atoms with Crippen molar-refractivity contribution in [3.8, 4) is 0 Å². The van der Waals surface area contributed by atoms with Crippen LogP contribution in [0, 0.1) is 0 Å². The highest BCUT2D eigenvalue weighted by Gasteiger charge is 2.22. The number of aromatic nitrogens is 2. The van der Waals surface area contributed by atoms with E-state index in [1.807, 2.05) is 0 Å². The Morgan fingerprint density at radius 2 is 2.47 bits per heavy atom. The van der Waals surface area contributed by atoms with Gasteiger partial charge in [-0.1, -0.05) is 0 Å². The van der Waals surface area contributed by atoms with E-state index < -0.39 is 0 Å². The second-order valence-electron chi connectivity index (χ2n) is 3.75. The number of rotatable bonds is 5. The molecular formula is C10H13N3O2. The van der Waals surface area contributed by atoms with Crippen molar-refractivity contribution in [1.82, 2.24) is 14.9 Å². The second kappa shape index (κ2) is 4.25. The standard InChI is InChI=1S/C10H13N3O2/c14-6-9-5-13(7-11-9)4-3-10(15)12-8-1-2-8/h5-8H,1-4H2,(H,12,15). The van der Waals surface area contributed by atoms with Crippen LogP contribution in [0.25, 0.3) is 0 Å². The van der Waals surface area contributed by atoms with Gasteiger partial charge in [0.25, 0.3) is 0 Å². The highest BCUT2D eigenvalue weighted by molar-refractivity contribution is 5.76.